The normalized spacial score (nSPS) is 14.0. The van der Waals surface area contributed by atoms with Gasteiger partial charge in [0.25, 0.3) is 10.0 Å². The van der Waals surface area contributed by atoms with E-state index in [1.165, 1.54) is 21.9 Å². The first-order valence-electron chi connectivity index (χ1n) is 11.8. The van der Waals surface area contributed by atoms with Crippen LogP contribution >= 0.6 is 0 Å². The molecule has 4 rings (SSSR count). The lowest BCUT2D eigenvalue weighted by Gasteiger charge is -2.25. The largest absolute Gasteiger partial charge is 0.348 e. The van der Waals surface area contributed by atoms with Gasteiger partial charge in [0.1, 0.15) is 6.54 Å². The molecule has 0 heterocycles. The number of amides is 1. The van der Waals surface area contributed by atoms with Crippen molar-refractivity contribution in [1.29, 1.82) is 0 Å². The summed E-state index contributed by atoms with van der Waals surface area (Å²) < 4.78 is 28.2. The van der Waals surface area contributed by atoms with Gasteiger partial charge in [-0.15, -0.1) is 0 Å². The Kier molecular flexibility index (Phi) is 7.08. The number of nitrogens with one attached hydrogen (secondary N) is 1. The van der Waals surface area contributed by atoms with Gasteiger partial charge in [0.15, 0.2) is 0 Å². The highest BCUT2D eigenvalue weighted by atomic mass is 32.2. The Morgan fingerprint density at radius 2 is 1.53 bits per heavy atom. The van der Waals surface area contributed by atoms with Crippen molar-refractivity contribution in [3.63, 3.8) is 0 Å². The molecule has 1 N–H and O–H groups in total. The Bertz CT molecular complexity index is 1250. The first-order chi connectivity index (χ1) is 16.3. The van der Waals surface area contributed by atoms with Crippen LogP contribution < -0.4 is 9.62 Å². The molecule has 0 saturated carbocycles. The maximum atomic E-state index is 13.5. The minimum atomic E-state index is -3.92. The Balaban J connectivity index is 1.58. The minimum absolute atomic E-state index is 0.155. The van der Waals surface area contributed by atoms with Crippen LogP contribution in [0.3, 0.4) is 0 Å². The summed E-state index contributed by atoms with van der Waals surface area (Å²) in [7, 11) is -3.92. The van der Waals surface area contributed by atoms with Gasteiger partial charge in [-0.1, -0.05) is 62.4 Å². The van der Waals surface area contributed by atoms with Crippen LogP contribution in [0.1, 0.15) is 61.4 Å². The lowest BCUT2D eigenvalue weighted by Crippen LogP contribution is -2.41. The van der Waals surface area contributed by atoms with Gasteiger partial charge in [-0.25, -0.2) is 8.42 Å². The summed E-state index contributed by atoms with van der Waals surface area (Å²) in [4.78, 5) is 13.2. The topological polar surface area (TPSA) is 66.5 Å². The second-order valence-electron chi connectivity index (χ2n) is 9.24. The Hall–Kier alpha value is -3.12. The van der Waals surface area contributed by atoms with Crippen LogP contribution in [0.15, 0.2) is 77.7 Å². The van der Waals surface area contributed by atoms with Crippen LogP contribution in [0.5, 0.6) is 0 Å². The molecule has 3 aromatic rings. The predicted molar refractivity (Wildman–Crippen MR) is 137 cm³/mol. The molecule has 6 heteroatoms. The molecule has 0 saturated heterocycles. The zero-order valence-electron chi connectivity index (χ0n) is 20.0. The summed E-state index contributed by atoms with van der Waals surface area (Å²) in [5, 5.41) is 3.00. The zero-order chi connectivity index (χ0) is 24.3. The summed E-state index contributed by atoms with van der Waals surface area (Å²) in [5.74, 6) is -0.0230. The SMILES string of the molecule is CC(C)c1ccc(N(CC(=O)N[C@@H](C)c2ccc3c(c2)CCC3)S(=O)(=O)c2ccccc2)cc1. The van der Waals surface area contributed by atoms with Gasteiger partial charge < -0.3 is 5.32 Å². The summed E-state index contributed by atoms with van der Waals surface area (Å²) in [6.45, 7) is 5.80. The third-order valence-electron chi connectivity index (χ3n) is 6.47. The number of carbonyl (C=O) groups excluding carboxylic acids is 1. The average molecular weight is 477 g/mol. The van der Waals surface area contributed by atoms with E-state index in [0.717, 1.165) is 24.0 Å². The third kappa shape index (κ3) is 5.17. The van der Waals surface area contributed by atoms with Crippen molar-refractivity contribution in [1.82, 2.24) is 5.32 Å². The zero-order valence-corrected chi connectivity index (χ0v) is 20.8. The van der Waals surface area contributed by atoms with Gasteiger partial charge in [-0.05, 0) is 78.6 Å². The molecule has 0 aliphatic heterocycles. The molecule has 0 radical (unpaired) electrons. The fourth-order valence-corrected chi connectivity index (χ4v) is 5.86. The van der Waals surface area contributed by atoms with Crippen LogP contribution in [-0.4, -0.2) is 20.9 Å². The van der Waals surface area contributed by atoms with Crippen LogP contribution in [0, 0.1) is 0 Å². The van der Waals surface area contributed by atoms with Gasteiger partial charge in [0.2, 0.25) is 5.91 Å². The number of anilines is 1. The van der Waals surface area contributed by atoms with Crippen LogP contribution in [-0.2, 0) is 27.7 Å². The fraction of sp³-hybridized carbons (Fsp3) is 0.321. The molecule has 34 heavy (non-hydrogen) atoms. The van der Waals surface area contributed by atoms with Gasteiger partial charge in [-0.3, -0.25) is 9.10 Å². The van der Waals surface area contributed by atoms with Crippen molar-refractivity contribution in [2.24, 2.45) is 0 Å². The first kappa shape index (κ1) is 24.0. The van der Waals surface area contributed by atoms with Gasteiger partial charge in [0, 0.05) is 0 Å². The molecular weight excluding hydrogens is 444 g/mol. The van der Waals surface area contributed by atoms with E-state index in [4.69, 9.17) is 0 Å². The van der Waals surface area contributed by atoms with Gasteiger partial charge in [-0.2, -0.15) is 0 Å². The number of hydrogen-bond acceptors (Lipinski definition) is 3. The molecular formula is C28H32N2O3S. The lowest BCUT2D eigenvalue weighted by molar-refractivity contribution is -0.120. The Morgan fingerprint density at radius 1 is 0.882 bits per heavy atom. The standard InChI is InChI=1S/C28H32N2O3S/c1-20(2)22-14-16-26(17-15-22)30(34(32,33)27-10-5-4-6-11-27)19-28(31)29-21(3)24-13-12-23-8-7-9-25(23)18-24/h4-6,10-18,20-21H,7-9,19H2,1-3H3,(H,29,31)/t21-/m0/s1. The van der Waals surface area contributed by atoms with Crippen molar-refractivity contribution in [2.75, 3.05) is 10.8 Å². The molecule has 0 bridgehead atoms. The third-order valence-corrected chi connectivity index (χ3v) is 8.25. The second kappa shape index (κ2) is 10.0. The van der Waals surface area contributed by atoms with Crippen molar-refractivity contribution < 1.29 is 13.2 Å². The number of nitrogens with zero attached hydrogens (tertiary/aromatic N) is 1. The molecule has 1 aliphatic carbocycles. The van der Waals surface area contributed by atoms with E-state index in [1.807, 2.05) is 19.1 Å². The van der Waals surface area contributed by atoms with E-state index >= 15 is 0 Å². The Morgan fingerprint density at radius 3 is 2.21 bits per heavy atom. The molecule has 3 aromatic carbocycles. The summed E-state index contributed by atoms with van der Waals surface area (Å²) in [6.07, 6.45) is 3.35. The van der Waals surface area contributed by atoms with E-state index in [-0.39, 0.29) is 23.4 Å². The van der Waals surface area contributed by atoms with E-state index in [1.54, 1.807) is 42.5 Å². The molecule has 1 aliphatic rings. The monoisotopic (exact) mass is 476 g/mol. The molecule has 0 fully saturated rings. The van der Waals surface area contributed by atoms with E-state index in [0.29, 0.717) is 11.6 Å². The number of benzene rings is 3. The number of fused-ring (bicyclic) bond motifs is 1. The summed E-state index contributed by atoms with van der Waals surface area (Å²) in [6, 6.07) is 21.8. The van der Waals surface area contributed by atoms with Gasteiger partial charge in [0.05, 0.1) is 16.6 Å². The van der Waals surface area contributed by atoms with Crippen molar-refractivity contribution in [3.05, 3.63) is 95.1 Å². The molecule has 178 valence electrons. The molecule has 5 nitrogen and oxygen atoms in total. The molecule has 1 amide bonds. The Labute approximate surface area is 202 Å². The lowest BCUT2D eigenvalue weighted by atomic mass is 10.0. The van der Waals surface area contributed by atoms with Crippen LogP contribution in [0.25, 0.3) is 0 Å². The predicted octanol–water partition coefficient (Wildman–Crippen LogP) is 5.37. The number of hydrogen-bond donors (Lipinski definition) is 1. The minimum Gasteiger partial charge on any atom is -0.348 e. The summed E-state index contributed by atoms with van der Waals surface area (Å²) >= 11 is 0. The van der Waals surface area contributed by atoms with Crippen LogP contribution in [0.2, 0.25) is 0 Å². The smallest absolute Gasteiger partial charge is 0.264 e. The number of sulfonamides is 1. The van der Waals surface area contributed by atoms with E-state index in [2.05, 4.69) is 37.4 Å². The molecule has 0 spiro atoms. The first-order valence-corrected chi connectivity index (χ1v) is 13.3. The highest BCUT2D eigenvalue weighted by molar-refractivity contribution is 7.92. The average Bonchev–Trinajstić information content (AvgIpc) is 3.31. The maximum absolute atomic E-state index is 13.5. The maximum Gasteiger partial charge on any atom is 0.264 e. The highest BCUT2D eigenvalue weighted by Crippen LogP contribution is 2.27. The quantitative estimate of drug-likeness (QED) is 0.475. The van der Waals surface area contributed by atoms with Gasteiger partial charge >= 0.3 is 0 Å². The number of carbonyl (C=O) groups is 1. The van der Waals surface area contributed by atoms with Crippen molar-refractivity contribution in [3.8, 4) is 0 Å². The fourth-order valence-electron chi connectivity index (χ4n) is 4.42. The van der Waals surface area contributed by atoms with E-state index in [9.17, 15) is 13.2 Å². The second-order valence-corrected chi connectivity index (χ2v) is 11.1. The molecule has 0 unspecified atom stereocenters. The van der Waals surface area contributed by atoms with Crippen molar-refractivity contribution in [2.45, 2.75) is 56.9 Å². The van der Waals surface area contributed by atoms with Crippen molar-refractivity contribution >= 4 is 21.6 Å². The van der Waals surface area contributed by atoms with E-state index < -0.39 is 10.0 Å². The number of aryl methyl sites for hydroxylation is 2. The molecule has 1 atom stereocenters. The molecule has 0 aromatic heterocycles. The van der Waals surface area contributed by atoms with Crippen LogP contribution in [0.4, 0.5) is 5.69 Å². The number of rotatable bonds is 8. The highest BCUT2D eigenvalue weighted by Gasteiger charge is 2.28. The summed E-state index contributed by atoms with van der Waals surface area (Å²) in [5.41, 5.74) is 5.33.